The fourth-order valence-electron chi connectivity index (χ4n) is 5.18. The standard InChI is InChI=1S/C31H29F3N8O3/c1-31(2,34)29(44)36-22-8-9-24-21(16-22)18-25(45-24)20-10-11-35-23(17-20)28(43)41-14-12-40(13-15-41)26(19-6-4-3-5-7-19)27-37-39-42(38-27)30(32)33/h3-11,16-18,26,30H,12-15H2,1-2H3,(H,36,44)/t26-/m0/s1. The maximum Gasteiger partial charge on any atom is 0.350 e. The van der Waals surface area contributed by atoms with Gasteiger partial charge in [0.2, 0.25) is 0 Å². The van der Waals surface area contributed by atoms with Crippen LogP contribution in [-0.4, -0.2) is 78.7 Å². The van der Waals surface area contributed by atoms with E-state index in [1.807, 2.05) is 35.2 Å². The fraction of sp³-hybridized carbons (Fsp3) is 0.290. The number of furan rings is 1. The summed E-state index contributed by atoms with van der Waals surface area (Å²) in [6.45, 7) is 1.08. The molecule has 0 spiro atoms. The third-order valence-corrected chi connectivity index (χ3v) is 7.52. The van der Waals surface area contributed by atoms with E-state index in [4.69, 9.17) is 4.42 Å². The molecule has 1 aliphatic heterocycles. The van der Waals surface area contributed by atoms with Gasteiger partial charge in [-0.1, -0.05) is 35.1 Å². The van der Waals surface area contributed by atoms with Gasteiger partial charge in [0.05, 0.1) is 6.04 Å². The Morgan fingerprint density at radius 1 is 0.978 bits per heavy atom. The normalized spacial score (nSPS) is 15.0. The highest BCUT2D eigenvalue weighted by Gasteiger charge is 2.32. The number of nitrogens with zero attached hydrogens (tertiary/aromatic N) is 7. The van der Waals surface area contributed by atoms with Crippen molar-refractivity contribution in [3.8, 4) is 11.3 Å². The first-order chi connectivity index (χ1) is 21.6. The zero-order chi connectivity index (χ0) is 31.7. The Balaban J connectivity index is 1.16. The molecule has 5 aromatic rings. The summed E-state index contributed by atoms with van der Waals surface area (Å²) in [5.74, 6) is -0.363. The quantitative estimate of drug-likeness (QED) is 0.255. The number of carbonyl (C=O) groups is 2. The van der Waals surface area contributed by atoms with Crippen molar-refractivity contribution in [2.75, 3.05) is 31.5 Å². The number of rotatable bonds is 8. The number of anilines is 1. The maximum atomic E-state index is 14.0. The summed E-state index contributed by atoms with van der Waals surface area (Å²) < 4.78 is 46.3. The van der Waals surface area contributed by atoms with Crippen molar-refractivity contribution in [3.05, 3.63) is 90.0 Å². The Bertz CT molecular complexity index is 1830. The number of hydrogen-bond acceptors (Lipinski definition) is 8. The molecule has 6 rings (SSSR count). The van der Waals surface area contributed by atoms with Gasteiger partial charge >= 0.3 is 6.55 Å². The van der Waals surface area contributed by atoms with Crippen molar-refractivity contribution >= 4 is 28.5 Å². The maximum absolute atomic E-state index is 14.0. The van der Waals surface area contributed by atoms with Crippen LogP contribution in [0.3, 0.4) is 0 Å². The first-order valence-corrected chi connectivity index (χ1v) is 14.2. The number of tetrazole rings is 1. The van der Waals surface area contributed by atoms with Crippen LogP contribution in [0.2, 0.25) is 0 Å². The van der Waals surface area contributed by atoms with Crippen molar-refractivity contribution in [1.29, 1.82) is 0 Å². The summed E-state index contributed by atoms with van der Waals surface area (Å²) in [6, 6.07) is 18.9. The van der Waals surface area contributed by atoms with Crippen LogP contribution in [0.4, 0.5) is 18.9 Å². The number of carbonyl (C=O) groups excluding carboxylic acids is 2. The van der Waals surface area contributed by atoms with Crippen molar-refractivity contribution in [1.82, 2.24) is 35.0 Å². The SMILES string of the molecule is CC(C)(F)C(=O)Nc1ccc2oc(-c3ccnc(C(=O)N4CCN([C@@H](c5ccccc5)c5nnn(C(F)F)n5)CC4)c3)cc2c1. The van der Waals surface area contributed by atoms with Gasteiger partial charge in [0, 0.05) is 49.0 Å². The third-order valence-electron chi connectivity index (χ3n) is 7.52. The van der Waals surface area contributed by atoms with Crippen LogP contribution < -0.4 is 5.32 Å². The van der Waals surface area contributed by atoms with Crippen molar-refractivity contribution in [3.63, 3.8) is 0 Å². The molecule has 0 unspecified atom stereocenters. The third kappa shape index (κ3) is 6.41. The van der Waals surface area contributed by atoms with E-state index in [-0.39, 0.29) is 22.2 Å². The summed E-state index contributed by atoms with van der Waals surface area (Å²) in [4.78, 5) is 33.9. The Hall–Kier alpha value is -5.11. The highest BCUT2D eigenvalue weighted by Crippen LogP contribution is 2.31. The molecule has 2 amide bonds. The smallest absolute Gasteiger partial charge is 0.350 e. The van der Waals surface area contributed by atoms with E-state index in [2.05, 4.69) is 25.7 Å². The number of fused-ring (bicyclic) bond motifs is 1. The van der Waals surface area contributed by atoms with E-state index >= 15 is 0 Å². The Morgan fingerprint density at radius 2 is 1.73 bits per heavy atom. The molecule has 232 valence electrons. The van der Waals surface area contributed by atoms with Gasteiger partial charge in [0.1, 0.15) is 17.0 Å². The van der Waals surface area contributed by atoms with Gasteiger partial charge in [-0.05, 0) is 61.0 Å². The molecule has 1 aliphatic rings. The van der Waals surface area contributed by atoms with Crippen LogP contribution in [0, 0.1) is 0 Å². The molecule has 0 bridgehead atoms. The summed E-state index contributed by atoms with van der Waals surface area (Å²) in [5.41, 5.74) is 0.657. The van der Waals surface area contributed by atoms with Crippen molar-refractivity contribution in [2.24, 2.45) is 0 Å². The molecule has 1 atom stereocenters. The number of halogens is 3. The molecule has 0 saturated carbocycles. The second-order valence-electron chi connectivity index (χ2n) is 11.1. The molecule has 45 heavy (non-hydrogen) atoms. The van der Waals surface area contributed by atoms with Gasteiger partial charge in [-0.2, -0.15) is 8.78 Å². The van der Waals surface area contributed by atoms with Crippen LogP contribution in [0.25, 0.3) is 22.3 Å². The molecule has 2 aromatic carbocycles. The van der Waals surface area contributed by atoms with Crippen molar-refractivity contribution in [2.45, 2.75) is 32.1 Å². The first kappa shape index (κ1) is 29.9. The largest absolute Gasteiger partial charge is 0.456 e. The summed E-state index contributed by atoms with van der Waals surface area (Å²) >= 11 is 0. The zero-order valence-corrected chi connectivity index (χ0v) is 24.4. The summed E-state index contributed by atoms with van der Waals surface area (Å²) in [6.07, 6.45) is 1.53. The minimum absolute atomic E-state index is 0.155. The van der Waals surface area contributed by atoms with Crippen LogP contribution >= 0.6 is 0 Å². The van der Waals surface area contributed by atoms with Gasteiger partial charge in [-0.15, -0.1) is 10.2 Å². The minimum atomic E-state index is -2.90. The van der Waals surface area contributed by atoms with Gasteiger partial charge in [0.15, 0.2) is 11.5 Å². The van der Waals surface area contributed by atoms with E-state index < -0.39 is 24.2 Å². The number of hydrogen-bond donors (Lipinski definition) is 1. The molecule has 14 heteroatoms. The number of benzene rings is 2. The zero-order valence-electron chi connectivity index (χ0n) is 24.4. The molecule has 4 heterocycles. The van der Waals surface area contributed by atoms with Crippen LogP contribution in [0.15, 0.2) is 77.3 Å². The number of amides is 2. The lowest BCUT2D eigenvalue weighted by molar-refractivity contribution is -0.125. The lowest BCUT2D eigenvalue weighted by atomic mass is 10.0. The Morgan fingerprint density at radius 3 is 2.42 bits per heavy atom. The number of nitrogens with one attached hydrogen (secondary N) is 1. The molecule has 0 aliphatic carbocycles. The lowest BCUT2D eigenvalue weighted by Crippen LogP contribution is -2.50. The predicted molar refractivity (Wildman–Crippen MR) is 158 cm³/mol. The number of pyridine rings is 1. The van der Waals surface area contributed by atoms with E-state index in [1.165, 1.54) is 20.0 Å². The molecule has 3 aromatic heterocycles. The van der Waals surface area contributed by atoms with Gasteiger partial charge in [-0.25, -0.2) is 4.39 Å². The van der Waals surface area contributed by atoms with E-state index in [9.17, 15) is 22.8 Å². The van der Waals surface area contributed by atoms with Crippen molar-refractivity contribution < 1.29 is 27.2 Å². The van der Waals surface area contributed by atoms with Gasteiger partial charge in [-0.3, -0.25) is 19.5 Å². The average Bonchev–Trinajstić information content (AvgIpc) is 3.69. The van der Waals surface area contributed by atoms with E-state index in [0.29, 0.717) is 54.2 Å². The molecule has 1 N–H and O–H groups in total. The van der Waals surface area contributed by atoms with E-state index in [0.717, 1.165) is 5.56 Å². The lowest BCUT2D eigenvalue weighted by Gasteiger charge is -2.38. The molecule has 0 radical (unpaired) electrons. The topological polar surface area (TPSA) is 122 Å². The second kappa shape index (κ2) is 12.1. The predicted octanol–water partition coefficient (Wildman–Crippen LogP) is 5.11. The molecule has 1 fully saturated rings. The molecule has 11 nitrogen and oxygen atoms in total. The molecule has 1 saturated heterocycles. The highest BCUT2D eigenvalue weighted by molar-refractivity contribution is 5.98. The monoisotopic (exact) mass is 618 g/mol. The first-order valence-electron chi connectivity index (χ1n) is 14.2. The Labute approximate surface area is 255 Å². The fourth-order valence-corrected chi connectivity index (χ4v) is 5.18. The number of aromatic nitrogens is 5. The minimum Gasteiger partial charge on any atom is -0.456 e. The van der Waals surface area contributed by atoms with E-state index in [1.54, 1.807) is 41.3 Å². The highest BCUT2D eigenvalue weighted by atomic mass is 19.3. The number of alkyl halides is 3. The number of piperazine rings is 1. The van der Waals surface area contributed by atoms with Crippen LogP contribution in [0.1, 0.15) is 48.3 Å². The molecular weight excluding hydrogens is 589 g/mol. The second-order valence-corrected chi connectivity index (χ2v) is 11.1. The molecular formula is C31H29F3N8O3. The summed E-state index contributed by atoms with van der Waals surface area (Å²) in [5, 5.41) is 14.6. The van der Waals surface area contributed by atoms with Gasteiger partial charge < -0.3 is 14.6 Å². The van der Waals surface area contributed by atoms with Crippen LogP contribution in [0.5, 0.6) is 0 Å². The summed E-state index contributed by atoms with van der Waals surface area (Å²) in [7, 11) is 0. The van der Waals surface area contributed by atoms with Gasteiger partial charge in [0.25, 0.3) is 11.8 Å². The Kier molecular flexibility index (Phi) is 8.06. The average molecular weight is 619 g/mol. The van der Waals surface area contributed by atoms with Crippen LogP contribution in [-0.2, 0) is 4.79 Å².